The van der Waals surface area contributed by atoms with E-state index in [1.807, 2.05) is 9.80 Å². The van der Waals surface area contributed by atoms with Crippen LogP contribution in [0.5, 0.6) is 0 Å². The number of amides is 3. The second kappa shape index (κ2) is 13.5. The lowest BCUT2D eigenvalue weighted by molar-refractivity contribution is -0.133. The summed E-state index contributed by atoms with van der Waals surface area (Å²) in [4.78, 5) is 37.8. The van der Waals surface area contributed by atoms with Crippen LogP contribution in [0.2, 0.25) is 0 Å². The fourth-order valence-corrected chi connectivity index (χ4v) is 3.30. The van der Waals surface area contributed by atoms with Crippen molar-refractivity contribution in [3.8, 4) is 0 Å². The Bertz CT molecular complexity index is 386. The zero-order valence-corrected chi connectivity index (χ0v) is 17.4. The average molecular weight is 384 g/mol. The lowest BCUT2D eigenvalue weighted by Crippen LogP contribution is -2.39. The van der Waals surface area contributed by atoms with E-state index in [9.17, 15) is 14.4 Å². The Kier molecular flexibility index (Phi) is 11.7. The van der Waals surface area contributed by atoms with E-state index in [-0.39, 0.29) is 17.7 Å². The summed E-state index contributed by atoms with van der Waals surface area (Å²) >= 11 is 0. The van der Waals surface area contributed by atoms with Crippen molar-refractivity contribution in [3.63, 3.8) is 0 Å². The molecule has 3 aliphatic heterocycles. The molecule has 0 aromatic rings. The van der Waals surface area contributed by atoms with Crippen molar-refractivity contribution in [1.82, 2.24) is 14.7 Å². The van der Waals surface area contributed by atoms with Gasteiger partial charge in [0.2, 0.25) is 17.7 Å². The monoisotopic (exact) mass is 383 g/mol. The van der Waals surface area contributed by atoms with Gasteiger partial charge in [-0.15, -0.1) is 0 Å². The zero-order chi connectivity index (χ0) is 20.1. The minimum atomic E-state index is 0.151. The van der Waals surface area contributed by atoms with Gasteiger partial charge in [0.15, 0.2) is 0 Å². The van der Waals surface area contributed by atoms with Crippen LogP contribution in [0, 0.1) is 0 Å². The Morgan fingerprint density at radius 3 is 1.04 bits per heavy atom. The third kappa shape index (κ3) is 10.3. The molecule has 7 nitrogen and oxygen atoms in total. The van der Waals surface area contributed by atoms with Crippen molar-refractivity contribution < 1.29 is 19.1 Å². The van der Waals surface area contributed by atoms with E-state index < -0.39 is 0 Å². The standard InChI is InChI=1S/2C7H13NO.C6H11NO2/c2*1-7(9)8-5-3-2-4-6-8;1-6(8)7-2-4-9-5-3-7/h2*2-6H2,1H3;2-5H2,1H3. The quantitative estimate of drug-likeness (QED) is 0.641. The molecule has 3 aliphatic rings. The molecular weight excluding hydrogens is 346 g/mol. The van der Waals surface area contributed by atoms with E-state index in [0.717, 1.165) is 39.3 Å². The Labute approximate surface area is 164 Å². The first-order valence-corrected chi connectivity index (χ1v) is 10.3. The number of morpholine rings is 1. The molecule has 0 spiro atoms. The molecule has 3 rings (SSSR count). The van der Waals surface area contributed by atoms with E-state index in [2.05, 4.69) is 0 Å². The van der Waals surface area contributed by atoms with Crippen LogP contribution in [0.25, 0.3) is 0 Å². The van der Waals surface area contributed by atoms with Crippen LogP contribution in [0.4, 0.5) is 0 Å². The third-order valence-electron chi connectivity index (χ3n) is 5.06. The van der Waals surface area contributed by atoms with E-state index in [1.54, 1.807) is 25.7 Å². The molecule has 0 aromatic carbocycles. The van der Waals surface area contributed by atoms with Crippen molar-refractivity contribution in [1.29, 1.82) is 0 Å². The molecule has 0 radical (unpaired) electrons. The van der Waals surface area contributed by atoms with E-state index in [1.165, 1.54) is 38.5 Å². The Balaban J connectivity index is 0.000000202. The molecule has 3 heterocycles. The molecule has 0 atom stereocenters. The maximum absolute atomic E-state index is 10.7. The molecular formula is C20H37N3O4. The van der Waals surface area contributed by atoms with Gasteiger partial charge in [0, 0.05) is 60.0 Å². The Hall–Kier alpha value is -1.63. The second-order valence-corrected chi connectivity index (χ2v) is 7.25. The van der Waals surface area contributed by atoms with Crippen molar-refractivity contribution in [2.75, 3.05) is 52.5 Å². The number of hydrogen-bond acceptors (Lipinski definition) is 4. The number of likely N-dealkylation sites (tertiary alicyclic amines) is 2. The fourth-order valence-electron chi connectivity index (χ4n) is 3.30. The van der Waals surface area contributed by atoms with E-state index >= 15 is 0 Å². The first-order valence-electron chi connectivity index (χ1n) is 10.3. The number of nitrogens with zero attached hydrogens (tertiary/aromatic N) is 3. The second-order valence-electron chi connectivity index (χ2n) is 7.25. The topological polar surface area (TPSA) is 70.2 Å². The van der Waals surface area contributed by atoms with Crippen LogP contribution in [0.3, 0.4) is 0 Å². The number of carbonyl (C=O) groups excluding carboxylic acids is 3. The maximum Gasteiger partial charge on any atom is 0.219 e. The van der Waals surface area contributed by atoms with Gasteiger partial charge in [-0.25, -0.2) is 0 Å². The van der Waals surface area contributed by atoms with Crippen LogP contribution in [-0.4, -0.2) is 84.9 Å². The summed E-state index contributed by atoms with van der Waals surface area (Å²) in [6.45, 7) is 11.7. The minimum Gasteiger partial charge on any atom is -0.378 e. The molecule has 7 heteroatoms. The summed E-state index contributed by atoms with van der Waals surface area (Å²) < 4.78 is 5.06. The molecule has 0 aliphatic carbocycles. The van der Waals surface area contributed by atoms with Gasteiger partial charge in [-0.05, 0) is 38.5 Å². The molecule has 3 amide bonds. The van der Waals surface area contributed by atoms with Crippen molar-refractivity contribution in [2.45, 2.75) is 59.3 Å². The number of piperidine rings is 2. The average Bonchev–Trinajstić information content (AvgIpc) is 2.71. The highest BCUT2D eigenvalue weighted by Gasteiger charge is 2.12. The smallest absolute Gasteiger partial charge is 0.219 e. The summed E-state index contributed by atoms with van der Waals surface area (Å²) in [6, 6.07) is 0. The SMILES string of the molecule is CC(=O)N1CCCCC1.CC(=O)N1CCCCC1.CC(=O)N1CCOCC1. The predicted molar refractivity (Wildman–Crippen MR) is 105 cm³/mol. The fraction of sp³-hybridized carbons (Fsp3) is 0.850. The lowest BCUT2D eigenvalue weighted by Gasteiger charge is -2.25. The lowest BCUT2D eigenvalue weighted by atomic mass is 10.1. The van der Waals surface area contributed by atoms with Gasteiger partial charge in [0.05, 0.1) is 13.2 Å². The normalized spacial score (nSPS) is 19.9. The number of ether oxygens (including phenoxy) is 1. The molecule has 3 fully saturated rings. The highest BCUT2D eigenvalue weighted by Crippen LogP contribution is 2.08. The van der Waals surface area contributed by atoms with Gasteiger partial charge in [-0.2, -0.15) is 0 Å². The van der Waals surface area contributed by atoms with Crippen molar-refractivity contribution >= 4 is 17.7 Å². The van der Waals surface area contributed by atoms with E-state index in [0.29, 0.717) is 13.2 Å². The molecule has 27 heavy (non-hydrogen) atoms. The van der Waals surface area contributed by atoms with Gasteiger partial charge in [0.1, 0.15) is 0 Å². The highest BCUT2D eigenvalue weighted by atomic mass is 16.5. The van der Waals surface area contributed by atoms with Gasteiger partial charge in [-0.1, -0.05) is 0 Å². The number of rotatable bonds is 0. The van der Waals surface area contributed by atoms with Crippen molar-refractivity contribution in [2.24, 2.45) is 0 Å². The zero-order valence-electron chi connectivity index (χ0n) is 17.4. The van der Waals surface area contributed by atoms with Gasteiger partial charge in [-0.3, -0.25) is 14.4 Å². The Morgan fingerprint density at radius 1 is 0.519 bits per heavy atom. The van der Waals surface area contributed by atoms with Gasteiger partial charge < -0.3 is 19.4 Å². The van der Waals surface area contributed by atoms with Crippen LogP contribution in [-0.2, 0) is 19.1 Å². The van der Waals surface area contributed by atoms with Gasteiger partial charge >= 0.3 is 0 Å². The first-order chi connectivity index (χ1) is 12.9. The van der Waals surface area contributed by atoms with Crippen molar-refractivity contribution in [3.05, 3.63) is 0 Å². The molecule has 0 aromatic heterocycles. The summed E-state index contributed by atoms with van der Waals surface area (Å²) in [7, 11) is 0. The summed E-state index contributed by atoms with van der Waals surface area (Å²) in [5.74, 6) is 0.614. The van der Waals surface area contributed by atoms with Gasteiger partial charge in [0.25, 0.3) is 0 Å². The number of carbonyl (C=O) groups is 3. The molecule has 0 unspecified atom stereocenters. The molecule has 3 saturated heterocycles. The summed E-state index contributed by atoms with van der Waals surface area (Å²) in [6.07, 6.45) is 7.37. The maximum atomic E-state index is 10.7. The summed E-state index contributed by atoms with van der Waals surface area (Å²) in [5.41, 5.74) is 0. The summed E-state index contributed by atoms with van der Waals surface area (Å²) in [5, 5.41) is 0. The molecule has 0 bridgehead atoms. The first kappa shape index (κ1) is 23.4. The van der Waals surface area contributed by atoms with Crippen LogP contribution in [0.15, 0.2) is 0 Å². The largest absolute Gasteiger partial charge is 0.378 e. The van der Waals surface area contributed by atoms with Crippen LogP contribution < -0.4 is 0 Å². The molecule has 0 N–H and O–H groups in total. The van der Waals surface area contributed by atoms with Crippen LogP contribution in [0.1, 0.15) is 59.3 Å². The van der Waals surface area contributed by atoms with E-state index in [4.69, 9.17) is 4.74 Å². The third-order valence-corrected chi connectivity index (χ3v) is 5.06. The molecule has 0 saturated carbocycles. The Morgan fingerprint density at radius 2 is 0.815 bits per heavy atom. The minimum absolute atomic E-state index is 0.151. The molecule has 156 valence electrons. The predicted octanol–water partition coefficient (Wildman–Crippen LogP) is 1.90. The van der Waals surface area contributed by atoms with Crippen LogP contribution >= 0.6 is 0 Å². The number of hydrogen-bond donors (Lipinski definition) is 0. The highest BCUT2D eigenvalue weighted by molar-refractivity contribution is 5.73.